The van der Waals surface area contributed by atoms with Gasteiger partial charge in [-0.1, -0.05) is 0 Å². The lowest BCUT2D eigenvalue weighted by atomic mass is 10.3. The lowest BCUT2D eigenvalue weighted by molar-refractivity contribution is 0.333. The van der Waals surface area contributed by atoms with Crippen molar-refractivity contribution in [2.75, 3.05) is 33.2 Å². The fraction of sp³-hybridized carbons (Fsp3) is 0.778. The summed E-state index contributed by atoms with van der Waals surface area (Å²) in [5.41, 5.74) is 0. The van der Waals surface area contributed by atoms with E-state index in [0.29, 0.717) is 13.1 Å². The zero-order valence-electron chi connectivity index (χ0n) is 7.58. The second kappa shape index (κ2) is 8.04. The summed E-state index contributed by atoms with van der Waals surface area (Å²) in [5, 5.41) is 0. The van der Waals surface area contributed by atoms with Crippen molar-refractivity contribution in [1.29, 1.82) is 0 Å². The van der Waals surface area contributed by atoms with Crippen molar-refractivity contribution in [2.45, 2.75) is 12.8 Å². The molecule has 0 N–H and O–H groups in total. The Morgan fingerprint density at radius 3 is 1.75 bits per heavy atom. The molecular weight excluding hydrogens is 150 g/mol. The predicted molar refractivity (Wildman–Crippen MR) is 49.7 cm³/mol. The summed E-state index contributed by atoms with van der Waals surface area (Å²) < 4.78 is 0. The van der Waals surface area contributed by atoms with E-state index in [2.05, 4.69) is 14.6 Å². The topological polar surface area (TPSA) is 12.0 Å². The minimum absolute atomic E-state index is 0.618. The van der Waals surface area contributed by atoms with Crippen LogP contribution in [0.3, 0.4) is 0 Å². The van der Waals surface area contributed by atoms with Gasteiger partial charge in [-0.2, -0.15) is 0 Å². The molecule has 0 unspecified atom stereocenters. The molecule has 0 aliphatic heterocycles. The summed E-state index contributed by atoms with van der Waals surface area (Å²) in [5.74, 6) is 0. The molecule has 0 atom stereocenters. The number of rotatable bonds is 6. The van der Waals surface area contributed by atoms with Crippen LogP contribution in [0, 0.1) is 13.1 Å². The normalized spacial score (nSPS) is 9.33. The third kappa shape index (κ3) is 7.05. The Morgan fingerprint density at radius 2 is 1.42 bits per heavy atom. The molecule has 3 nitrogen and oxygen atoms in total. The summed E-state index contributed by atoms with van der Waals surface area (Å²) >= 11 is 0. The Kier molecular flexibility index (Phi) is 7.33. The van der Waals surface area contributed by atoms with Crippen LogP contribution in [-0.4, -0.2) is 38.1 Å². The van der Waals surface area contributed by atoms with Crippen molar-refractivity contribution in [1.82, 2.24) is 4.90 Å². The van der Waals surface area contributed by atoms with Crippen LogP contribution in [0.4, 0.5) is 0 Å². The fourth-order valence-corrected chi connectivity index (χ4v) is 0.951. The van der Waals surface area contributed by atoms with Gasteiger partial charge in [-0.05, 0) is 7.05 Å². The molecule has 0 aromatic carbocycles. The second-order valence-corrected chi connectivity index (χ2v) is 2.77. The predicted octanol–water partition coefficient (Wildman–Crippen LogP) is 1.54. The van der Waals surface area contributed by atoms with Crippen LogP contribution in [0.15, 0.2) is 0 Å². The highest BCUT2D eigenvalue weighted by Gasteiger charge is 1.98. The number of hydrogen-bond donors (Lipinski definition) is 0. The maximum absolute atomic E-state index is 6.58. The van der Waals surface area contributed by atoms with Crippen LogP contribution >= 0.6 is 0 Å². The first-order valence-corrected chi connectivity index (χ1v) is 4.16. The van der Waals surface area contributed by atoms with E-state index in [9.17, 15) is 0 Å². The van der Waals surface area contributed by atoms with Crippen LogP contribution < -0.4 is 0 Å². The Balaban J connectivity index is 3.18. The van der Waals surface area contributed by atoms with Gasteiger partial charge in [0.05, 0.1) is 0 Å². The van der Waals surface area contributed by atoms with Crippen molar-refractivity contribution >= 4 is 0 Å². The Morgan fingerprint density at radius 1 is 1.00 bits per heavy atom. The SMILES string of the molecule is [C-]#[N+]CCCN(C)CCC[N+]#[C-]. The third-order valence-electron chi connectivity index (χ3n) is 1.62. The van der Waals surface area contributed by atoms with Crippen molar-refractivity contribution in [3.05, 3.63) is 22.8 Å². The van der Waals surface area contributed by atoms with E-state index in [4.69, 9.17) is 13.1 Å². The first-order chi connectivity index (χ1) is 5.81. The van der Waals surface area contributed by atoms with E-state index in [1.807, 2.05) is 7.05 Å². The highest BCUT2D eigenvalue weighted by Crippen LogP contribution is 1.91. The highest BCUT2D eigenvalue weighted by atomic mass is 15.1. The van der Waals surface area contributed by atoms with Crippen LogP contribution in [0.1, 0.15) is 12.8 Å². The van der Waals surface area contributed by atoms with Gasteiger partial charge in [-0.25, -0.2) is 13.1 Å². The second-order valence-electron chi connectivity index (χ2n) is 2.77. The minimum Gasteiger partial charge on any atom is -0.317 e. The molecule has 0 aromatic rings. The molecule has 0 spiro atoms. The zero-order valence-corrected chi connectivity index (χ0v) is 7.58. The average molecular weight is 165 g/mol. The Bertz CT molecular complexity index is 155. The monoisotopic (exact) mass is 165 g/mol. The van der Waals surface area contributed by atoms with Crippen LogP contribution in [-0.2, 0) is 0 Å². The fourth-order valence-electron chi connectivity index (χ4n) is 0.951. The van der Waals surface area contributed by atoms with Gasteiger partial charge in [0, 0.05) is 25.9 Å². The highest BCUT2D eigenvalue weighted by molar-refractivity contribution is 4.64. The molecule has 3 heteroatoms. The summed E-state index contributed by atoms with van der Waals surface area (Å²) in [6.45, 7) is 16.3. The molecule has 0 saturated carbocycles. The number of hydrogen-bond acceptors (Lipinski definition) is 1. The summed E-state index contributed by atoms with van der Waals surface area (Å²) in [7, 11) is 2.04. The lowest BCUT2D eigenvalue weighted by Crippen LogP contribution is -2.21. The molecule has 0 amide bonds. The van der Waals surface area contributed by atoms with Crippen LogP contribution in [0.5, 0.6) is 0 Å². The van der Waals surface area contributed by atoms with Gasteiger partial charge in [0.25, 0.3) is 0 Å². The first-order valence-electron chi connectivity index (χ1n) is 4.16. The molecule has 0 fully saturated rings. The van der Waals surface area contributed by atoms with Crippen molar-refractivity contribution < 1.29 is 0 Å². The largest absolute Gasteiger partial charge is 0.317 e. The summed E-state index contributed by atoms with van der Waals surface area (Å²) in [6.07, 6.45) is 1.88. The molecule has 0 aliphatic carbocycles. The van der Waals surface area contributed by atoms with Gasteiger partial charge in [-0.3, -0.25) is 0 Å². The molecule has 0 rings (SSSR count). The van der Waals surface area contributed by atoms with E-state index in [-0.39, 0.29) is 0 Å². The van der Waals surface area contributed by atoms with E-state index >= 15 is 0 Å². The van der Waals surface area contributed by atoms with Gasteiger partial charge < -0.3 is 14.6 Å². The maximum Gasteiger partial charge on any atom is 0.215 e. The van der Waals surface area contributed by atoms with Crippen molar-refractivity contribution in [2.24, 2.45) is 0 Å². The average Bonchev–Trinajstić information content (AvgIpc) is 2.06. The van der Waals surface area contributed by atoms with Gasteiger partial charge in [0.2, 0.25) is 13.1 Å². The van der Waals surface area contributed by atoms with Crippen LogP contribution in [0.25, 0.3) is 9.69 Å². The molecule has 0 bridgehead atoms. The summed E-state index contributed by atoms with van der Waals surface area (Å²) in [6, 6.07) is 0. The molecule has 0 saturated heterocycles. The molecule has 0 radical (unpaired) electrons. The van der Waals surface area contributed by atoms with E-state index in [1.54, 1.807) is 0 Å². The maximum atomic E-state index is 6.58. The quantitative estimate of drug-likeness (QED) is 0.429. The first kappa shape index (κ1) is 10.9. The molecule has 66 valence electrons. The lowest BCUT2D eigenvalue weighted by Gasteiger charge is -2.12. The number of nitrogens with zero attached hydrogens (tertiary/aromatic N) is 3. The van der Waals surface area contributed by atoms with Crippen molar-refractivity contribution in [3.8, 4) is 0 Å². The zero-order chi connectivity index (χ0) is 9.23. The smallest absolute Gasteiger partial charge is 0.215 e. The van der Waals surface area contributed by atoms with Crippen LogP contribution in [0.2, 0.25) is 0 Å². The van der Waals surface area contributed by atoms with Gasteiger partial charge in [0.15, 0.2) is 0 Å². The summed E-state index contributed by atoms with van der Waals surface area (Å²) in [4.78, 5) is 8.73. The van der Waals surface area contributed by atoms with E-state index < -0.39 is 0 Å². The Hall–Kier alpha value is -1.06. The van der Waals surface area contributed by atoms with Gasteiger partial charge in [-0.15, -0.1) is 0 Å². The molecule has 0 heterocycles. The Labute approximate surface area is 74.6 Å². The van der Waals surface area contributed by atoms with Gasteiger partial charge in [0.1, 0.15) is 0 Å². The van der Waals surface area contributed by atoms with E-state index in [0.717, 1.165) is 25.9 Å². The molecule has 0 aromatic heterocycles. The van der Waals surface area contributed by atoms with E-state index in [1.165, 1.54) is 0 Å². The molecule has 0 aliphatic rings. The van der Waals surface area contributed by atoms with Gasteiger partial charge >= 0.3 is 0 Å². The standard InChI is InChI=1S/C9H15N3/c1-10-6-4-8-12(3)9-5-7-11-2/h4-9H2,3H3. The third-order valence-corrected chi connectivity index (χ3v) is 1.62. The van der Waals surface area contributed by atoms with Crippen molar-refractivity contribution in [3.63, 3.8) is 0 Å². The molecular formula is C9H15N3. The molecule has 12 heavy (non-hydrogen) atoms. The minimum atomic E-state index is 0.618.